The van der Waals surface area contributed by atoms with Gasteiger partial charge in [-0.05, 0) is 91.3 Å². The zero-order chi connectivity index (χ0) is 24.0. The van der Waals surface area contributed by atoms with Crippen LogP contribution in [-0.4, -0.2) is 45.0 Å². The molecule has 4 unspecified atom stereocenters. The van der Waals surface area contributed by atoms with Crippen LogP contribution in [0.1, 0.15) is 78.6 Å². The number of hydrogen-bond acceptors (Lipinski definition) is 5. The number of carbonyl (C=O) groups is 2. The van der Waals surface area contributed by atoms with Gasteiger partial charge in [0, 0.05) is 20.0 Å². The van der Waals surface area contributed by atoms with E-state index in [9.17, 15) is 14.0 Å². The Balaban J connectivity index is 1.59. The monoisotopic (exact) mass is 466 g/mol. The number of rotatable bonds is 7. The van der Waals surface area contributed by atoms with Crippen LogP contribution in [0.2, 0.25) is 0 Å². The molecule has 0 amide bonds. The molecule has 0 spiro atoms. The number of esters is 1. The summed E-state index contributed by atoms with van der Waals surface area (Å²) in [5, 5.41) is 0. The van der Waals surface area contributed by atoms with E-state index in [1.54, 1.807) is 7.11 Å². The molecular formula is C27H43FO5. The van der Waals surface area contributed by atoms with E-state index in [1.165, 1.54) is 13.5 Å². The van der Waals surface area contributed by atoms with Crippen molar-refractivity contribution in [3.8, 4) is 0 Å². The van der Waals surface area contributed by atoms with E-state index in [1.807, 2.05) is 0 Å². The SMILES string of the molecule is COCOC1C[C@@H]2CC(=O)[C@@H](F)C[C@]2(C)C2CC[C@@]3(C)C(CC[C@@H]3[C@H](C)CCC(=O)OC)C12. The Morgan fingerprint density at radius 2 is 1.88 bits per heavy atom. The third-order valence-corrected chi connectivity index (χ3v) is 10.7. The Morgan fingerprint density at radius 1 is 1.15 bits per heavy atom. The minimum atomic E-state index is -1.31. The maximum absolute atomic E-state index is 14.7. The summed E-state index contributed by atoms with van der Waals surface area (Å²) in [4.78, 5) is 24.0. The Morgan fingerprint density at radius 3 is 2.58 bits per heavy atom. The fourth-order valence-corrected chi connectivity index (χ4v) is 8.96. The molecule has 0 saturated heterocycles. The summed E-state index contributed by atoms with van der Waals surface area (Å²) in [5.41, 5.74) is 0.0645. The smallest absolute Gasteiger partial charge is 0.305 e. The van der Waals surface area contributed by atoms with E-state index in [0.717, 1.165) is 32.1 Å². The van der Waals surface area contributed by atoms with Gasteiger partial charge in [0.05, 0.1) is 13.2 Å². The number of methoxy groups -OCH3 is 2. The standard InChI is InChI=1S/C27H43FO5/c1-16(6-9-24(30)32-5)18-7-8-19-25-20(10-11-26(18,19)2)27(3)14-21(28)22(29)12-17(27)13-23(25)33-15-31-4/h16-21,23,25H,6-15H2,1-5H3/t16-,17+,18-,19?,20?,21+,23?,25?,26-,27+/m1/s1. The van der Waals surface area contributed by atoms with E-state index < -0.39 is 6.17 Å². The van der Waals surface area contributed by atoms with Crippen molar-refractivity contribution in [1.82, 2.24) is 0 Å². The van der Waals surface area contributed by atoms with Gasteiger partial charge < -0.3 is 14.2 Å². The third kappa shape index (κ3) is 4.28. The van der Waals surface area contributed by atoms with E-state index in [0.29, 0.717) is 48.9 Å². The summed E-state index contributed by atoms with van der Waals surface area (Å²) >= 11 is 0. The fraction of sp³-hybridized carbons (Fsp3) is 0.926. The first kappa shape index (κ1) is 25.1. The van der Waals surface area contributed by atoms with Crippen molar-refractivity contribution in [2.24, 2.45) is 46.3 Å². The van der Waals surface area contributed by atoms with Gasteiger partial charge in [0.2, 0.25) is 0 Å². The molecule has 4 rings (SSSR count). The molecule has 0 aliphatic heterocycles. The predicted molar refractivity (Wildman–Crippen MR) is 123 cm³/mol. The first-order chi connectivity index (χ1) is 15.7. The quantitative estimate of drug-likeness (QED) is 0.374. The van der Waals surface area contributed by atoms with Crippen molar-refractivity contribution >= 4 is 11.8 Å². The van der Waals surface area contributed by atoms with Crippen LogP contribution in [0.5, 0.6) is 0 Å². The molecule has 4 saturated carbocycles. The Kier molecular flexibility index (Phi) is 7.27. The van der Waals surface area contributed by atoms with Gasteiger partial charge in [0.15, 0.2) is 12.0 Å². The molecule has 0 bridgehead atoms. The molecule has 0 aromatic rings. The second kappa shape index (κ2) is 9.56. The van der Waals surface area contributed by atoms with Gasteiger partial charge in [-0.15, -0.1) is 0 Å². The second-order valence-electron chi connectivity index (χ2n) is 12.0. The summed E-state index contributed by atoms with van der Waals surface area (Å²) in [7, 11) is 3.11. The molecule has 0 aromatic heterocycles. The minimum Gasteiger partial charge on any atom is -0.469 e. The highest BCUT2D eigenvalue weighted by Crippen LogP contribution is 2.68. The lowest BCUT2D eigenvalue weighted by Crippen LogP contribution is -2.60. The van der Waals surface area contributed by atoms with Crippen molar-refractivity contribution in [3.05, 3.63) is 0 Å². The molecule has 4 aliphatic carbocycles. The Bertz CT molecular complexity index is 742. The van der Waals surface area contributed by atoms with Crippen molar-refractivity contribution in [1.29, 1.82) is 0 Å². The van der Waals surface area contributed by atoms with Crippen LogP contribution < -0.4 is 0 Å². The molecule has 5 nitrogen and oxygen atoms in total. The summed E-state index contributed by atoms with van der Waals surface area (Å²) < 4.78 is 31.2. The predicted octanol–water partition coefficient (Wildman–Crippen LogP) is 5.35. The molecule has 0 radical (unpaired) electrons. The van der Waals surface area contributed by atoms with Crippen LogP contribution in [0, 0.1) is 46.3 Å². The average Bonchev–Trinajstić information content (AvgIpc) is 3.14. The maximum Gasteiger partial charge on any atom is 0.305 e. The van der Waals surface area contributed by atoms with Crippen molar-refractivity contribution < 1.29 is 28.2 Å². The highest BCUT2D eigenvalue weighted by molar-refractivity contribution is 5.84. The molecule has 0 heterocycles. The maximum atomic E-state index is 14.7. The highest BCUT2D eigenvalue weighted by atomic mass is 19.1. The molecule has 6 heteroatoms. The third-order valence-electron chi connectivity index (χ3n) is 10.7. The molecule has 10 atom stereocenters. The van der Waals surface area contributed by atoms with Gasteiger partial charge >= 0.3 is 5.97 Å². The normalized spacial score (nSPS) is 45.6. The fourth-order valence-electron chi connectivity index (χ4n) is 8.96. The lowest BCUT2D eigenvalue weighted by atomic mass is 9.43. The number of Topliss-reactive ketones (excluding diaryl/α,β-unsaturated/α-hetero) is 1. The van der Waals surface area contributed by atoms with E-state index in [4.69, 9.17) is 14.2 Å². The molecule has 188 valence electrons. The Hall–Kier alpha value is -1.01. The van der Waals surface area contributed by atoms with E-state index >= 15 is 0 Å². The van der Waals surface area contributed by atoms with Crippen molar-refractivity contribution in [3.63, 3.8) is 0 Å². The zero-order valence-corrected chi connectivity index (χ0v) is 21.1. The minimum absolute atomic E-state index is 0.0609. The number of carbonyl (C=O) groups excluding carboxylic acids is 2. The molecule has 33 heavy (non-hydrogen) atoms. The van der Waals surface area contributed by atoms with Gasteiger partial charge in [-0.25, -0.2) is 4.39 Å². The summed E-state index contributed by atoms with van der Waals surface area (Å²) in [6.45, 7) is 7.28. The zero-order valence-electron chi connectivity index (χ0n) is 21.1. The topological polar surface area (TPSA) is 61.8 Å². The van der Waals surface area contributed by atoms with E-state index in [2.05, 4.69) is 20.8 Å². The van der Waals surface area contributed by atoms with Gasteiger partial charge in [0.25, 0.3) is 0 Å². The number of hydrogen-bond donors (Lipinski definition) is 0. The average molecular weight is 467 g/mol. The van der Waals surface area contributed by atoms with Crippen LogP contribution in [0.15, 0.2) is 0 Å². The van der Waals surface area contributed by atoms with Gasteiger partial charge in [0.1, 0.15) is 6.79 Å². The number of alkyl halides is 1. The lowest BCUT2D eigenvalue weighted by Gasteiger charge is -2.62. The number of fused-ring (bicyclic) bond motifs is 5. The van der Waals surface area contributed by atoms with Crippen LogP contribution >= 0.6 is 0 Å². The van der Waals surface area contributed by atoms with Gasteiger partial charge in [-0.2, -0.15) is 0 Å². The lowest BCUT2D eigenvalue weighted by molar-refractivity contribution is -0.205. The molecule has 0 aromatic carbocycles. The first-order valence-electron chi connectivity index (χ1n) is 13.0. The van der Waals surface area contributed by atoms with Gasteiger partial charge in [-0.3, -0.25) is 9.59 Å². The van der Waals surface area contributed by atoms with Crippen LogP contribution in [0.4, 0.5) is 4.39 Å². The van der Waals surface area contributed by atoms with Crippen molar-refractivity contribution in [2.45, 2.75) is 90.8 Å². The van der Waals surface area contributed by atoms with Crippen LogP contribution in [0.25, 0.3) is 0 Å². The number of ether oxygens (including phenoxy) is 3. The summed E-state index contributed by atoms with van der Waals surface area (Å²) in [6.07, 6.45) is 6.18. The van der Waals surface area contributed by atoms with E-state index in [-0.39, 0.29) is 41.4 Å². The number of ketones is 1. The van der Waals surface area contributed by atoms with Gasteiger partial charge in [-0.1, -0.05) is 20.8 Å². The first-order valence-corrected chi connectivity index (χ1v) is 13.0. The van der Waals surface area contributed by atoms with Crippen LogP contribution in [0.3, 0.4) is 0 Å². The molecule has 4 aliphatic rings. The highest BCUT2D eigenvalue weighted by Gasteiger charge is 2.64. The van der Waals surface area contributed by atoms with Crippen LogP contribution in [-0.2, 0) is 23.8 Å². The summed E-state index contributed by atoms with van der Waals surface area (Å²) in [5.74, 6) is 2.16. The second-order valence-corrected chi connectivity index (χ2v) is 12.0. The molecule has 4 fully saturated rings. The summed E-state index contributed by atoms with van der Waals surface area (Å²) in [6, 6.07) is 0. The Labute approximate surface area is 198 Å². The largest absolute Gasteiger partial charge is 0.469 e. The van der Waals surface area contributed by atoms with Crippen molar-refractivity contribution in [2.75, 3.05) is 21.0 Å². The molecular weight excluding hydrogens is 423 g/mol. The number of halogens is 1. The molecule has 0 N–H and O–H groups in total.